The SMILES string of the molecule is CC(C)CS(=O)(=O)Nc1ccc(CCN)cc1. The lowest BCUT2D eigenvalue weighted by Crippen LogP contribution is -2.20. The van der Waals surface area contributed by atoms with Crippen molar-refractivity contribution in [1.29, 1.82) is 0 Å². The van der Waals surface area contributed by atoms with Crippen LogP contribution in [-0.4, -0.2) is 20.7 Å². The molecular formula is C12H20N2O2S. The van der Waals surface area contributed by atoms with Crippen LogP contribution in [0.4, 0.5) is 5.69 Å². The molecule has 0 aliphatic rings. The van der Waals surface area contributed by atoms with E-state index in [-0.39, 0.29) is 11.7 Å². The zero-order valence-corrected chi connectivity index (χ0v) is 11.1. The minimum Gasteiger partial charge on any atom is -0.330 e. The topological polar surface area (TPSA) is 72.2 Å². The van der Waals surface area contributed by atoms with Crippen molar-refractivity contribution in [3.63, 3.8) is 0 Å². The Balaban J connectivity index is 2.69. The highest BCUT2D eigenvalue weighted by atomic mass is 32.2. The number of hydrogen-bond donors (Lipinski definition) is 2. The van der Waals surface area contributed by atoms with E-state index in [4.69, 9.17) is 5.73 Å². The standard InChI is InChI=1S/C12H20N2O2S/c1-10(2)9-17(15,16)14-12-5-3-11(4-6-12)7-8-13/h3-6,10,14H,7-9,13H2,1-2H3. The Morgan fingerprint density at radius 2 is 1.82 bits per heavy atom. The van der Waals surface area contributed by atoms with Crippen LogP contribution in [0.25, 0.3) is 0 Å². The number of benzene rings is 1. The molecule has 3 N–H and O–H groups in total. The van der Waals surface area contributed by atoms with Crippen LogP contribution in [0.2, 0.25) is 0 Å². The fraction of sp³-hybridized carbons (Fsp3) is 0.500. The van der Waals surface area contributed by atoms with Crippen LogP contribution in [0, 0.1) is 5.92 Å². The Bertz CT molecular complexity index is 438. The fourth-order valence-corrected chi connectivity index (χ4v) is 3.02. The summed E-state index contributed by atoms with van der Waals surface area (Å²) < 4.78 is 25.9. The number of anilines is 1. The first-order valence-corrected chi connectivity index (χ1v) is 7.37. The highest BCUT2D eigenvalue weighted by molar-refractivity contribution is 7.92. The Morgan fingerprint density at radius 1 is 1.24 bits per heavy atom. The zero-order chi connectivity index (χ0) is 12.9. The monoisotopic (exact) mass is 256 g/mol. The molecule has 0 bridgehead atoms. The molecule has 0 heterocycles. The molecule has 0 spiro atoms. The zero-order valence-electron chi connectivity index (χ0n) is 10.3. The molecule has 0 fully saturated rings. The number of sulfonamides is 1. The Kier molecular flexibility index (Phi) is 4.96. The summed E-state index contributed by atoms with van der Waals surface area (Å²) in [5.41, 5.74) is 7.16. The molecule has 1 aromatic rings. The van der Waals surface area contributed by atoms with E-state index < -0.39 is 10.0 Å². The molecule has 0 aliphatic carbocycles. The van der Waals surface area contributed by atoms with Gasteiger partial charge in [-0.15, -0.1) is 0 Å². The smallest absolute Gasteiger partial charge is 0.232 e. The van der Waals surface area contributed by atoms with Crippen LogP contribution < -0.4 is 10.5 Å². The molecule has 0 aromatic heterocycles. The van der Waals surface area contributed by atoms with Crippen molar-refractivity contribution >= 4 is 15.7 Å². The summed E-state index contributed by atoms with van der Waals surface area (Å²) in [4.78, 5) is 0. The fourth-order valence-electron chi connectivity index (χ4n) is 1.57. The minimum absolute atomic E-state index is 0.115. The Morgan fingerprint density at radius 3 is 2.29 bits per heavy atom. The van der Waals surface area contributed by atoms with Crippen LogP contribution in [0.1, 0.15) is 19.4 Å². The van der Waals surface area contributed by atoms with Gasteiger partial charge in [0.15, 0.2) is 0 Å². The van der Waals surface area contributed by atoms with Crippen LogP contribution >= 0.6 is 0 Å². The molecule has 0 saturated carbocycles. The molecule has 0 atom stereocenters. The van der Waals surface area contributed by atoms with Gasteiger partial charge < -0.3 is 5.73 Å². The van der Waals surface area contributed by atoms with Crippen molar-refractivity contribution in [1.82, 2.24) is 0 Å². The third kappa shape index (κ3) is 5.19. The summed E-state index contributed by atoms with van der Waals surface area (Å²) in [5.74, 6) is 0.251. The van der Waals surface area contributed by atoms with E-state index in [1.807, 2.05) is 26.0 Å². The maximum absolute atomic E-state index is 11.7. The molecule has 1 rings (SSSR count). The van der Waals surface area contributed by atoms with Gasteiger partial charge in [0, 0.05) is 5.69 Å². The van der Waals surface area contributed by atoms with Crippen LogP contribution in [0.5, 0.6) is 0 Å². The first-order valence-electron chi connectivity index (χ1n) is 5.72. The van der Waals surface area contributed by atoms with E-state index in [1.165, 1.54) is 0 Å². The molecule has 96 valence electrons. The van der Waals surface area contributed by atoms with Gasteiger partial charge in [-0.05, 0) is 36.6 Å². The molecular weight excluding hydrogens is 236 g/mol. The summed E-state index contributed by atoms with van der Waals surface area (Å²) in [6, 6.07) is 7.31. The molecule has 0 unspecified atom stereocenters. The first kappa shape index (κ1) is 14.0. The third-order valence-electron chi connectivity index (χ3n) is 2.21. The van der Waals surface area contributed by atoms with Crippen molar-refractivity contribution in [2.45, 2.75) is 20.3 Å². The number of hydrogen-bond acceptors (Lipinski definition) is 3. The van der Waals surface area contributed by atoms with Gasteiger partial charge >= 0.3 is 0 Å². The van der Waals surface area contributed by atoms with Crippen LogP contribution in [0.15, 0.2) is 24.3 Å². The molecule has 0 radical (unpaired) electrons. The van der Waals surface area contributed by atoms with E-state index in [0.717, 1.165) is 12.0 Å². The van der Waals surface area contributed by atoms with E-state index in [2.05, 4.69) is 4.72 Å². The average Bonchev–Trinajstić information content (AvgIpc) is 2.18. The maximum atomic E-state index is 11.7. The van der Waals surface area contributed by atoms with Crippen LogP contribution in [-0.2, 0) is 16.4 Å². The van der Waals surface area contributed by atoms with Crippen molar-refractivity contribution < 1.29 is 8.42 Å². The highest BCUT2D eigenvalue weighted by Gasteiger charge is 2.12. The molecule has 1 aromatic carbocycles. The third-order valence-corrected chi connectivity index (χ3v) is 3.87. The summed E-state index contributed by atoms with van der Waals surface area (Å²) in [6.45, 7) is 4.35. The predicted molar refractivity (Wildman–Crippen MR) is 71.4 cm³/mol. The minimum atomic E-state index is -3.23. The summed E-state index contributed by atoms with van der Waals surface area (Å²) in [5, 5.41) is 0. The second-order valence-corrected chi connectivity index (χ2v) is 6.28. The van der Waals surface area contributed by atoms with Crippen molar-refractivity contribution in [3.05, 3.63) is 29.8 Å². The summed E-state index contributed by atoms with van der Waals surface area (Å²) >= 11 is 0. The van der Waals surface area contributed by atoms with E-state index in [1.54, 1.807) is 12.1 Å². The molecule has 0 aliphatic heterocycles. The average molecular weight is 256 g/mol. The van der Waals surface area contributed by atoms with Crippen molar-refractivity contribution in [2.75, 3.05) is 17.0 Å². The van der Waals surface area contributed by atoms with Gasteiger partial charge in [0.1, 0.15) is 0 Å². The molecule has 0 amide bonds. The van der Waals surface area contributed by atoms with Gasteiger partial charge in [-0.25, -0.2) is 8.42 Å². The van der Waals surface area contributed by atoms with E-state index in [0.29, 0.717) is 12.2 Å². The van der Waals surface area contributed by atoms with E-state index in [9.17, 15) is 8.42 Å². The Labute approximate surface area is 103 Å². The summed E-state index contributed by atoms with van der Waals surface area (Å²) in [6.07, 6.45) is 0.805. The Hall–Kier alpha value is -1.07. The van der Waals surface area contributed by atoms with Crippen molar-refractivity contribution in [2.24, 2.45) is 11.7 Å². The van der Waals surface area contributed by atoms with Gasteiger partial charge in [-0.1, -0.05) is 26.0 Å². The predicted octanol–water partition coefficient (Wildman–Crippen LogP) is 1.59. The molecule has 4 nitrogen and oxygen atoms in total. The molecule has 5 heteroatoms. The van der Waals surface area contributed by atoms with Gasteiger partial charge in [0.2, 0.25) is 10.0 Å². The quantitative estimate of drug-likeness (QED) is 0.811. The number of rotatable bonds is 6. The van der Waals surface area contributed by atoms with Crippen molar-refractivity contribution in [3.8, 4) is 0 Å². The largest absolute Gasteiger partial charge is 0.330 e. The lowest BCUT2D eigenvalue weighted by molar-refractivity contribution is 0.587. The molecule has 0 saturated heterocycles. The summed E-state index contributed by atoms with van der Waals surface area (Å²) in [7, 11) is -3.23. The van der Waals surface area contributed by atoms with Gasteiger partial charge in [0.05, 0.1) is 5.75 Å². The number of nitrogens with one attached hydrogen (secondary N) is 1. The first-order chi connectivity index (χ1) is 7.93. The lowest BCUT2D eigenvalue weighted by atomic mass is 10.1. The lowest BCUT2D eigenvalue weighted by Gasteiger charge is -2.10. The second-order valence-electron chi connectivity index (χ2n) is 4.51. The second kappa shape index (κ2) is 6.02. The van der Waals surface area contributed by atoms with Gasteiger partial charge in [-0.2, -0.15) is 0 Å². The maximum Gasteiger partial charge on any atom is 0.232 e. The van der Waals surface area contributed by atoms with Crippen LogP contribution in [0.3, 0.4) is 0 Å². The highest BCUT2D eigenvalue weighted by Crippen LogP contribution is 2.12. The molecule has 17 heavy (non-hydrogen) atoms. The van der Waals surface area contributed by atoms with E-state index >= 15 is 0 Å². The number of nitrogens with two attached hydrogens (primary N) is 1. The van der Waals surface area contributed by atoms with Gasteiger partial charge in [-0.3, -0.25) is 4.72 Å². The van der Waals surface area contributed by atoms with Gasteiger partial charge in [0.25, 0.3) is 0 Å². The normalized spacial score (nSPS) is 11.8.